The first-order chi connectivity index (χ1) is 16.1. The molecule has 174 valence electrons. The van der Waals surface area contributed by atoms with Crippen LogP contribution in [0.1, 0.15) is 53.9 Å². The summed E-state index contributed by atoms with van der Waals surface area (Å²) in [5, 5.41) is 12.9. The predicted molar refractivity (Wildman–Crippen MR) is 121 cm³/mol. The zero-order valence-electron chi connectivity index (χ0n) is 18.5. The van der Waals surface area contributed by atoms with Gasteiger partial charge in [-0.25, -0.2) is 0 Å². The van der Waals surface area contributed by atoms with E-state index in [-0.39, 0.29) is 36.5 Å². The summed E-state index contributed by atoms with van der Waals surface area (Å²) in [5.41, 5.74) is 2.12. The van der Waals surface area contributed by atoms with E-state index in [2.05, 4.69) is 10.3 Å². The number of nitrogens with one attached hydrogen (secondary N) is 1. The summed E-state index contributed by atoms with van der Waals surface area (Å²) in [6, 6.07) is 9.00. The maximum atomic E-state index is 12.8. The van der Waals surface area contributed by atoms with Crippen molar-refractivity contribution in [1.29, 1.82) is 0 Å². The number of fused-ring (bicyclic) bond motifs is 3. The van der Waals surface area contributed by atoms with E-state index in [0.717, 1.165) is 37.2 Å². The molecule has 3 aliphatic heterocycles. The Morgan fingerprint density at radius 2 is 2.03 bits per heavy atom. The van der Waals surface area contributed by atoms with E-state index in [4.69, 9.17) is 9.47 Å². The summed E-state index contributed by atoms with van der Waals surface area (Å²) in [5.74, 6) is 0.602. The Labute approximate surface area is 192 Å². The van der Waals surface area contributed by atoms with Gasteiger partial charge in [-0.2, -0.15) is 0 Å². The van der Waals surface area contributed by atoms with Crippen LogP contribution in [-0.2, 0) is 9.53 Å². The highest BCUT2D eigenvalue weighted by Crippen LogP contribution is 2.47. The number of aliphatic hydroxyl groups is 1. The van der Waals surface area contributed by atoms with E-state index in [9.17, 15) is 14.7 Å². The molecule has 33 heavy (non-hydrogen) atoms. The summed E-state index contributed by atoms with van der Waals surface area (Å²) in [6.45, 7) is 1.45. The molecule has 2 fully saturated rings. The Balaban J connectivity index is 1.31. The van der Waals surface area contributed by atoms with E-state index in [1.807, 2.05) is 17.0 Å². The lowest BCUT2D eigenvalue weighted by Crippen LogP contribution is -2.48. The topological polar surface area (TPSA) is 101 Å². The minimum atomic E-state index is -0.497. The molecule has 2 N–H and O–H groups in total. The van der Waals surface area contributed by atoms with Gasteiger partial charge in [-0.15, -0.1) is 0 Å². The largest absolute Gasteiger partial charge is 0.487 e. The third-order valence-corrected chi connectivity index (χ3v) is 6.79. The molecule has 2 aromatic rings. The Hall–Kier alpha value is -2.97. The highest BCUT2D eigenvalue weighted by molar-refractivity contribution is 6.04. The molecule has 3 aliphatic rings. The predicted octanol–water partition coefficient (Wildman–Crippen LogP) is 2.73. The number of hydrogen-bond acceptors (Lipinski definition) is 6. The third-order valence-electron chi connectivity index (χ3n) is 6.79. The summed E-state index contributed by atoms with van der Waals surface area (Å²) < 4.78 is 12.2. The molecule has 2 saturated heterocycles. The van der Waals surface area contributed by atoms with Crippen molar-refractivity contribution in [2.45, 2.75) is 56.3 Å². The summed E-state index contributed by atoms with van der Waals surface area (Å²) in [4.78, 5) is 31.3. The fourth-order valence-corrected chi connectivity index (χ4v) is 5.13. The lowest BCUT2D eigenvalue weighted by molar-refractivity contribution is -0.149. The number of ether oxygens (including phenoxy) is 2. The van der Waals surface area contributed by atoms with Gasteiger partial charge >= 0.3 is 0 Å². The van der Waals surface area contributed by atoms with Crippen molar-refractivity contribution in [3.8, 4) is 5.75 Å². The van der Waals surface area contributed by atoms with Crippen molar-refractivity contribution < 1.29 is 24.2 Å². The Morgan fingerprint density at radius 3 is 2.79 bits per heavy atom. The second-order valence-electron chi connectivity index (χ2n) is 9.00. The highest BCUT2D eigenvalue weighted by atomic mass is 16.6. The average molecular weight is 452 g/mol. The molecule has 4 atom stereocenters. The van der Waals surface area contributed by atoms with Crippen LogP contribution in [0.2, 0.25) is 0 Å². The number of hydrogen-bond donors (Lipinski definition) is 2. The molecular formula is C25H29N3O5. The van der Waals surface area contributed by atoms with Crippen LogP contribution >= 0.6 is 0 Å². The number of rotatable bonds is 5. The van der Waals surface area contributed by atoms with Gasteiger partial charge in [-0.3, -0.25) is 14.6 Å². The monoisotopic (exact) mass is 451 g/mol. The molecule has 1 aromatic heterocycles. The van der Waals surface area contributed by atoms with Crippen molar-refractivity contribution in [3.63, 3.8) is 0 Å². The first kappa shape index (κ1) is 21.9. The van der Waals surface area contributed by atoms with Gasteiger partial charge in [0.25, 0.3) is 5.91 Å². The fourth-order valence-electron chi connectivity index (χ4n) is 5.13. The zero-order valence-corrected chi connectivity index (χ0v) is 18.5. The number of nitrogens with zero attached hydrogens (tertiary/aromatic N) is 2. The summed E-state index contributed by atoms with van der Waals surface area (Å²) in [6.07, 6.45) is 6.29. The Morgan fingerprint density at radius 1 is 1.18 bits per heavy atom. The van der Waals surface area contributed by atoms with Gasteiger partial charge in [-0.05, 0) is 56.0 Å². The number of aromatic nitrogens is 1. The van der Waals surface area contributed by atoms with Crippen LogP contribution in [0, 0.1) is 0 Å². The van der Waals surface area contributed by atoms with E-state index in [0.29, 0.717) is 24.1 Å². The Bertz CT molecular complexity index is 1010. The average Bonchev–Trinajstić information content (AvgIpc) is 3.22. The van der Waals surface area contributed by atoms with Crippen LogP contribution in [0.25, 0.3) is 0 Å². The van der Waals surface area contributed by atoms with Crippen LogP contribution in [0.5, 0.6) is 5.75 Å². The van der Waals surface area contributed by atoms with Crippen LogP contribution in [-0.4, -0.2) is 64.8 Å². The van der Waals surface area contributed by atoms with Crippen molar-refractivity contribution >= 4 is 17.5 Å². The first-order valence-electron chi connectivity index (χ1n) is 11.7. The minimum Gasteiger partial charge on any atom is -0.487 e. The quantitative estimate of drug-likeness (QED) is 0.725. The maximum absolute atomic E-state index is 12.8. The molecule has 0 spiro atoms. The molecule has 1 aromatic carbocycles. The van der Waals surface area contributed by atoms with Crippen LogP contribution < -0.4 is 10.1 Å². The van der Waals surface area contributed by atoms with E-state index < -0.39 is 6.10 Å². The lowest BCUT2D eigenvalue weighted by atomic mass is 9.84. The molecule has 0 radical (unpaired) electrons. The van der Waals surface area contributed by atoms with Crippen LogP contribution in [0.3, 0.4) is 0 Å². The zero-order chi connectivity index (χ0) is 22.8. The number of likely N-dealkylation sites (tertiary alicyclic amines) is 1. The van der Waals surface area contributed by atoms with Crippen LogP contribution in [0.15, 0.2) is 42.7 Å². The van der Waals surface area contributed by atoms with Crippen molar-refractivity contribution in [1.82, 2.24) is 9.88 Å². The van der Waals surface area contributed by atoms with Crippen molar-refractivity contribution in [3.05, 3.63) is 53.9 Å². The van der Waals surface area contributed by atoms with Gasteiger partial charge in [0.05, 0.1) is 24.7 Å². The van der Waals surface area contributed by atoms with Crippen molar-refractivity contribution in [2.24, 2.45) is 0 Å². The molecule has 5 rings (SSSR count). The number of piperidine rings is 1. The minimum absolute atomic E-state index is 0.0136. The second-order valence-corrected chi connectivity index (χ2v) is 9.00. The number of pyridine rings is 1. The molecule has 8 heteroatoms. The van der Waals surface area contributed by atoms with Crippen LogP contribution in [0.4, 0.5) is 5.69 Å². The number of carbonyl (C=O) groups excluding carboxylic acids is 2. The van der Waals surface area contributed by atoms with Gasteiger partial charge in [-0.1, -0.05) is 0 Å². The smallest absolute Gasteiger partial charge is 0.257 e. The van der Waals surface area contributed by atoms with Crippen molar-refractivity contribution in [2.75, 3.05) is 25.0 Å². The maximum Gasteiger partial charge on any atom is 0.257 e. The summed E-state index contributed by atoms with van der Waals surface area (Å²) in [7, 11) is 0. The van der Waals surface area contributed by atoms with E-state index in [1.165, 1.54) is 12.6 Å². The molecule has 0 saturated carbocycles. The molecule has 2 amide bonds. The van der Waals surface area contributed by atoms with Gasteiger partial charge in [0.15, 0.2) is 0 Å². The van der Waals surface area contributed by atoms with Gasteiger partial charge in [0.1, 0.15) is 18.0 Å². The van der Waals surface area contributed by atoms with E-state index >= 15 is 0 Å². The standard InChI is InChI=1S/C25H29N3O5/c29-15-22-24-20(12-18(32-22)13-23(30)28-9-2-1-3-10-28)19-11-17(6-7-21(19)33-24)27-25(31)16-5-4-8-26-14-16/h4-8,11,14,18,20,22,24,29H,1-3,9-10,12-13,15H2,(H,27,31)/t18-,20-,22-,24+/m0/s1. The normalized spacial score (nSPS) is 26.2. The molecule has 0 aliphatic carbocycles. The second kappa shape index (κ2) is 9.49. The molecular weight excluding hydrogens is 422 g/mol. The van der Waals surface area contributed by atoms with Gasteiger partial charge in [0.2, 0.25) is 5.91 Å². The fraction of sp³-hybridized carbons (Fsp3) is 0.480. The summed E-state index contributed by atoms with van der Waals surface area (Å²) >= 11 is 0. The number of benzene rings is 1. The lowest BCUT2D eigenvalue weighted by Gasteiger charge is -2.38. The number of carbonyl (C=O) groups is 2. The number of aliphatic hydroxyl groups excluding tert-OH is 1. The number of anilines is 1. The highest BCUT2D eigenvalue weighted by Gasteiger charge is 2.46. The number of amides is 2. The Kier molecular flexibility index (Phi) is 6.28. The SMILES string of the molecule is O=C(Nc1ccc2c(c1)[C@@H]1C[C@@H](CC(=O)N3CCCCC3)O[C@@H](CO)[C@@H]1O2)c1cccnc1. The van der Waals surface area contributed by atoms with E-state index in [1.54, 1.807) is 24.4 Å². The molecule has 8 nitrogen and oxygen atoms in total. The molecule has 0 bridgehead atoms. The first-order valence-corrected chi connectivity index (χ1v) is 11.7. The molecule has 4 heterocycles. The molecule has 0 unspecified atom stereocenters. The van der Waals surface area contributed by atoms with Gasteiger partial charge in [0, 0.05) is 42.7 Å². The third kappa shape index (κ3) is 4.58. The van der Waals surface area contributed by atoms with Gasteiger partial charge < -0.3 is 24.8 Å².